The van der Waals surface area contributed by atoms with E-state index < -0.39 is 0 Å². The van der Waals surface area contributed by atoms with E-state index in [-0.39, 0.29) is 18.4 Å². The van der Waals surface area contributed by atoms with Gasteiger partial charge in [-0.3, -0.25) is 4.79 Å². The number of rotatable bonds is 2. The summed E-state index contributed by atoms with van der Waals surface area (Å²) in [6.07, 6.45) is 4.10. The average molecular weight is 194 g/mol. The van der Waals surface area contributed by atoms with Crippen molar-refractivity contribution in [3.05, 3.63) is 0 Å². The van der Waals surface area contributed by atoms with Crippen LogP contribution in [0.5, 0.6) is 0 Å². The van der Waals surface area contributed by atoms with Crippen LogP contribution in [0.3, 0.4) is 0 Å². The summed E-state index contributed by atoms with van der Waals surface area (Å²) in [5.74, 6) is -0.107. The topological polar surface area (TPSA) is 38.3 Å². The van der Waals surface area contributed by atoms with E-state index in [1.165, 1.54) is 20.0 Å². The molecule has 3 nitrogen and oxygen atoms in total. The van der Waals surface area contributed by atoms with Crippen LogP contribution >= 0.6 is 12.4 Å². The largest absolute Gasteiger partial charge is 0.469 e. The van der Waals surface area contributed by atoms with Gasteiger partial charge in [0.05, 0.1) is 13.5 Å². The number of halogens is 1. The molecule has 0 amide bonds. The summed E-state index contributed by atoms with van der Waals surface area (Å²) in [6, 6.07) is 0.358. The van der Waals surface area contributed by atoms with E-state index in [0.717, 1.165) is 13.0 Å². The molecule has 4 heteroatoms. The Labute approximate surface area is 79.3 Å². The number of piperidine rings is 1. The summed E-state index contributed by atoms with van der Waals surface area (Å²) in [4.78, 5) is 10.8. The number of carbonyl (C=O) groups is 1. The fourth-order valence-electron chi connectivity index (χ4n) is 1.38. The molecule has 1 aliphatic rings. The third-order valence-electron chi connectivity index (χ3n) is 2.05. The highest BCUT2D eigenvalue weighted by Crippen LogP contribution is 2.09. The standard InChI is InChI=1S/C8H15NO2.ClH/c1-11-8(10)6-7-4-2-3-5-9-7;/h7,9H,2-6H2,1H3;1H/t7-;/m1./s1. The van der Waals surface area contributed by atoms with Gasteiger partial charge in [-0.25, -0.2) is 0 Å². The summed E-state index contributed by atoms with van der Waals surface area (Å²) < 4.78 is 4.57. The van der Waals surface area contributed by atoms with Gasteiger partial charge in [-0.15, -0.1) is 12.4 Å². The molecule has 12 heavy (non-hydrogen) atoms. The van der Waals surface area contributed by atoms with Crippen molar-refractivity contribution in [2.75, 3.05) is 13.7 Å². The lowest BCUT2D eigenvalue weighted by atomic mass is 10.0. The summed E-state index contributed by atoms with van der Waals surface area (Å²) in [5, 5.41) is 3.28. The van der Waals surface area contributed by atoms with E-state index in [2.05, 4.69) is 10.1 Å². The Morgan fingerprint density at radius 3 is 2.83 bits per heavy atom. The van der Waals surface area contributed by atoms with E-state index in [4.69, 9.17) is 0 Å². The molecule has 0 aromatic heterocycles. The number of nitrogens with one attached hydrogen (secondary N) is 1. The molecule has 1 heterocycles. The number of methoxy groups -OCH3 is 1. The monoisotopic (exact) mass is 193 g/mol. The molecule has 0 aliphatic carbocycles. The molecule has 0 bridgehead atoms. The SMILES string of the molecule is COC(=O)C[C@H]1CCCCN1.Cl. The molecular weight excluding hydrogens is 178 g/mol. The van der Waals surface area contributed by atoms with Gasteiger partial charge < -0.3 is 10.1 Å². The van der Waals surface area contributed by atoms with Crippen molar-refractivity contribution in [3.8, 4) is 0 Å². The molecule has 0 aromatic carbocycles. The molecule has 1 atom stereocenters. The van der Waals surface area contributed by atoms with Crippen molar-refractivity contribution in [1.82, 2.24) is 5.32 Å². The third kappa shape index (κ3) is 3.93. The lowest BCUT2D eigenvalue weighted by Crippen LogP contribution is -2.35. The highest BCUT2D eigenvalue weighted by atomic mass is 35.5. The summed E-state index contributed by atoms with van der Waals surface area (Å²) in [7, 11) is 1.44. The van der Waals surface area contributed by atoms with Crippen LogP contribution in [0, 0.1) is 0 Å². The van der Waals surface area contributed by atoms with Crippen molar-refractivity contribution in [1.29, 1.82) is 0 Å². The molecular formula is C8H16ClNO2. The number of hydrogen-bond donors (Lipinski definition) is 1. The van der Waals surface area contributed by atoms with Crippen LogP contribution in [0.25, 0.3) is 0 Å². The third-order valence-corrected chi connectivity index (χ3v) is 2.05. The molecule has 1 N–H and O–H groups in total. The van der Waals surface area contributed by atoms with Crippen molar-refractivity contribution in [2.45, 2.75) is 31.7 Å². The lowest BCUT2D eigenvalue weighted by molar-refractivity contribution is -0.141. The Morgan fingerprint density at radius 2 is 2.33 bits per heavy atom. The van der Waals surface area contributed by atoms with Crippen LogP contribution in [0.4, 0.5) is 0 Å². The van der Waals surface area contributed by atoms with E-state index in [1.807, 2.05) is 0 Å². The van der Waals surface area contributed by atoms with Gasteiger partial charge in [-0.05, 0) is 19.4 Å². The zero-order chi connectivity index (χ0) is 8.10. The highest BCUT2D eigenvalue weighted by Gasteiger charge is 2.15. The molecule has 1 saturated heterocycles. The Kier molecular flexibility index (Phi) is 6.11. The predicted molar refractivity (Wildman–Crippen MR) is 49.5 cm³/mol. The smallest absolute Gasteiger partial charge is 0.307 e. The van der Waals surface area contributed by atoms with Crippen molar-refractivity contribution in [3.63, 3.8) is 0 Å². The Morgan fingerprint density at radius 1 is 1.58 bits per heavy atom. The second-order valence-corrected chi connectivity index (χ2v) is 2.93. The molecule has 1 rings (SSSR count). The molecule has 0 aromatic rings. The number of esters is 1. The summed E-state index contributed by atoms with van der Waals surface area (Å²) in [6.45, 7) is 1.04. The second kappa shape index (κ2) is 6.26. The Bertz CT molecular complexity index is 135. The molecule has 72 valence electrons. The zero-order valence-corrected chi connectivity index (χ0v) is 8.15. The van der Waals surface area contributed by atoms with Crippen molar-refractivity contribution >= 4 is 18.4 Å². The molecule has 0 saturated carbocycles. The molecule has 0 spiro atoms. The minimum atomic E-state index is -0.107. The summed E-state index contributed by atoms with van der Waals surface area (Å²) >= 11 is 0. The van der Waals surface area contributed by atoms with Gasteiger partial charge in [-0.2, -0.15) is 0 Å². The number of hydrogen-bond acceptors (Lipinski definition) is 3. The fraction of sp³-hybridized carbons (Fsp3) is 0.875. The van der Waals surface area contributed by atoms with Gasteiger partial charge in [-0.1, -0.05) is 6.42 Å². The highest BCUT2D eigenvalue weighted by molar-refractivity contribution is 5.85. The maximum atomic E-state index is 10.8. The van der Waals surface area contributed by atoms with Crippen LogP contribution in [0.1, 0.15) is 25.7 Å². The van der Waals surface area contributed by atoms with E-state index >= 15 is 0 Å². The predicted octanol–water partition coefficient (Wildman–Crippen LogP) is 1.11. The number of ether oxygens (including phenoxy) is 1. The molecule has 0 unspecified atom stereocenters. The van der Waals surface area contributed by atoms with Gasteiger partial charge in [0.1, 0.15) is 0 Å². The first kappa shape index (κ1) is 11.7. The van der Waals surface area contributed by atoms with Gasteiger partial charge in [0, 0.05) is 6.04 Å². The first-order valence-electron chi connectivity index (χ1n) is 4.13. The maximum absolute atomic E-state index is 10.8. The van der Waals surface area contributed by atoms with Gasteiger partial charge in [0.15, 0.2) is 0 Å². The van der Waals surface area contributed by atoms with E-state index in [0.29, 0.717) is 12.5 Å². The van der Waals surface area contributed by atoms with Crippen LogP contribution in [0.2, 0.25) is 0 Å². The fourth-order valence-corrected chi connectivity index (χ4v) is 1.38. The molecule has 1 fully saturated rings. The molecule has 0 radical (unpaired) electrons. The quantitative estimate of drug-likeness (QED) is 0.668. The van der Waals surface area contributed by atoms with Crippen LogP contribution in [-0.4, -0.2) is 25.7 Å². The molecule has 1 aliphatic heterocycles. The van der Waals surface area contributed by atoms with Crippen LogP contribution in [-0.2, 0) is 9.53 Å². The van der Waals surface area contributed by atoms with Crippen molar-refractivity contribution in [2.24, 2.45) is 0 Å². The van der Waals surface area contributed by atoms with E-state index in [1.54, 1.807) is 0 Å². The van der Waals surface area contributed by atoms with Crippen LogP contribution < -0.4 is 5.32 Å². The second-order valence-electron chi connectivity index (χ2n) is 2.93. The van der Waals surface area contributed by atoms with Gasteiger partial charge in [0.25, 0.3) is 0 Å². The maximum Gasteiger partial charge on any atom is 0.307 e. The first-order chi connectivity index (χ1) is 5.33. The van der Waals surface area contributed by atoms with Gasteiger partial charge >= 0.3 is 5.97 Å². The average Bonchev–Trinajstić information content (AvgIpc) is 2.06. The number of carbonyl (C=O) groups excluding carboxylic acids is 1. The minimum absolute atomic E-state index is 0. The van der Waals surface area contributed by atoms with Gasteiger partial charge in [0.2, 0.25) is 0 Å². The summed E-state index contributed by atoms with van der Waals surface area (Å²) in [5.41, 5.74) is 0. The van der Waals surface area contributed by atoms with Crippen molar-refractivity contribution < 1.29 is 9.53 Å². The first-order valence-corrected chi connectivity index (χ1v) is 4.13. The van der Waals surface area contributed by atoms with Crippen LogP contribution in [0.15, 0.2) is 0 Å². The Hall–Kier alpha value is -0.280. The lowest BCUT2D eigenvalue weighted by Gasteiger charge is -2.21. The Balaban J connectivity index is 0.00000121. The van der Waals surface area contributed by atoms with E-state index in [9.17, 15) is 4.79 Å². The normalized spacial score (nSPS) is 22.6. The zero-order valence-electron chi connectivity index (χ0n) is 7.34. The minimum Gasteiger partial charge on any atom is -0.469 e.